The largest absolute Gasteiger partial charge is 0.460 e. The van der Waals surface area contributed by atoms with E-state index in [9.17, 15) is 15.0 Å². The van der Waals surface area contributed by atoms with E-state index < -0.39 is 11.8 Å². The Bertz CT molecular complexity index is 519. The molecule has 0 aromatic heterocycles. The van der Waals surface area contributed by atoms with Crippen LogP contribution in [-0.4, -0.2) is 28.6 Å². The predicted molar refractivity (Wildman–Crippen MR) is 115 cm³/mol. The second-order valence-corrected chi connectivity index (χ2v) is 8.19. The van der Waals surface area contributed by atoms with Crippen molar-refractivity contribution in [2.75, 3.05) is 6.61 Å². The fraction of sp³-hybridized carbons (Fsp3) is 0.708. The molecule has 4 nitrogen and oxygen atoms in total. The molecule has 0 aromatic rings. The van der Waals surface area contributed by atoms with Crippen molar-refractivity contribution in [3.63, 3.8) is 0 Å². The number of carbonyl (C=O) groups excluding carboxylic acids is 1. The number of allylic oxidation sites excluding steroid dienone is 6. The Hall–Kier alpha value is -1.39. The molecule has 4 heteroatoms. The average Bonchev–Trinajstić information content (AvgIpc) is 3.08. The lowest BCUT2D eigenvalue weighted by molar-refractivity contribution is -0.204. The van der Waals surface area contributed by atoms with Crippen molar-refractivity contribution < 1.29 is 19.7 Å². The number of rotatable bonds is 13. The third kappa shape index (κ3) is 11.5. The van der Waals surface area contributed by atoms with Crippen LogP contribution in [0.3, 0.4) is 0 Å². The molecular weight excluding hydrogens is 352 g/mol. The van der Waals surface area contributed by atoms with E-state index in [0.717, 1.165) is 31.6 Å². The van der Waals surface area contributed by atoms with Crippen molar-refractivity contribution in [3.8, 4) is 0 Å². The van der Waals surface area contributed by atoms with E-state index >= 15 is 0 Å². The Morgan fingerprint density at radius 3 is 2.71 bits per heavy atom. The molecule has 0 aromatic carbocycles. The molecule has 0 amide bonds. The van der Waals surface area contributed by atoms with Crippen molar-refractivity contribution in [1.29, 1.82) is 0 Å². The Labute approximate surface area is 171 Å². The summed E-state index contributed by atoms with van der Waals surface area (Å²) in [6.45, 7) is 5.33. The molecule has 0 aliphatic heterocycles. The first-order valence-corrected chi connectivity index (χ1v) is 10.9. The van der Waals surface area contributed by atoms with Gasteiger partial charge in [0.25, 0.3) is 0 Å². The van der Waals surface area contributed by atoms with Crippen molar-refractivity contribution in [2.24, 2.45) is 17.8 Å². The first kappa shape index (κ1) is 24.6. The SMILES string of the molecule is CCC=C[C@@H](C)CC=C[C@H]1CCC[C@@H]1CC=CCCCC(O)(O)COC(C)=O. The Kier molecular flexibility index (Phi) is 12.1. The molecule has 0 heterocycles. The molecule has 1 rings (SSSR count). The summed E-state index contributed by atoms with van der Waals surface area (Å²) in [4.78, 5) is 10.7. The van der Waals surface area contributed by atoms with E-state index in [1.54, 1.807) is 0 Å². The zero-order chi connectivity index (χ0) is 20.8. The van der Waals surface area contributed by atoms with E-state index in [0.29, 0.717) is 18.3 Å². The van der Waals surface area contributed by atoms with Gasteiger partial charge in [-0.25, -0.2) is 0 Å². The molecular formula is C24H40O4. The summed E-state index contributed by atoms with van der Waals surface area (Å²) in [5.74, 6) is -0.392. The maximum atomic E-state index is 10.7. The molecule has 1 fully saturated rings. The fourth-order valence-electron chi connectivity index (χ4n) is 3.71. The summed E-state index contributed by atoms with van der Waals surface area (Å²) in [7, 11) is 0. The van der Waals surface area contributed by atoms with Crippen LogP contribution in [0.1, 0.15) is 78.6 Å². The summed E-state index contributed by atoms with van der Waals surface area (Å²) in [5.41, 5.74) is 0. The minimum atomic E-state index is -1.93. The highest BCUT2D eigenvalue weighted by Gasteiger charge is 2.24. The first-order valence-electron chi connectivity index (χ1n) is 10.9. The van der Waals surface area contributed by atoms with Gasteiger partial charge in [-0.2, -0.15) is 0 Å². The van der Waals surface area contributed by atoms with Crippen molar-refractivity contribution in [3.05, 3.63) is 36.5 Å². The fourth-order valence-corrected chi connectivity index (χ4v) is 3.71. The maximum absolute atomic E-state index is 10.7. The second kappa shape index (κ2) is 13.7. The number of unbranched alkanes of at least 4 members (excludes halogenated alkanes) is 1. The van der Waals surface area contributed by atoms with Crippen LogP contribution in [0.25, 0.3) is 0 Å². The third-order valence-corrected chi connectivity index (χ3v) is 5.37. The van der Waals surface area contributed by atoms with E-state index in [2.05, 4.69) is 55.0 Å². The van der Waals surface area contributed by atoms with E-state index in [-0.39, 0.29) is 13.0 Å². The second-order valence-electron chi connectivity index (χ2n) is 8.19. The molecule has 1 aliphatic carbocycles. The molecule has 0 spiro atoms. The molecule has 1 aliphatic rings. The van der Waals surface area contributed by atoms with Gasteiger partial charge in [-0.05, 0) is 62.7 Å². The van der Waals surface area contributed by atoms with Gasteiger partial charge in [0.2, 0.25) is 0 Å². The van der Waals surface area contributed by atoms with E-state index in [4.69, 9.17) is 0 Å². The number of aliphatic hydroxyl groups is 2. The predicted octanol–water partition coefficient (Wildman–Crippen LogP) is 5.31. The number of hydrogen-bond acceptors (Lipinski definition) is 4. The molecule has 2 N–H and O–H groups in total. The number of carbonyl (C=O) groups is 1. The van der Waals surface area contributed by atoms with Gasteiger partial charge in [0.05, 0.1) is 0 Å². The summed E-state index contributed by atoms with van der Waals surface area (Å²) in [6, 6.07) is 0. The summed E-state index contributed by atoms with van der Waals surface area (Å²) in [5, 5.41) is 19.5. The Morgan fingerprint density at radius 2 is 2.00 bits per heavy atom. The standard InChI is InChI=1S/C24H40O4/c1-4-5-12-20(2)13-10-15-23-17-11-16-22(23)14-8-6-7-9-18-24(26,27)19-28-21(3)25/h5-6,8,10,12,15,20,22-23,26-27H,4,7,9,11,13-14,16-19H2,1-3H3/t20-,22+,23+/m1/s1. The Morgan fingerprint density at radius 1 is 1.21 bits per heavy atom. The molecule has 0 saturated heterocycles. The number of esters is 1. The molecule has 0 bridgehead atoms. The van der Waals surface area contributed by atoms with Gasteiger partial charge in [0, 0.05) is 13.3 Å². The lowest BCUT2D eigenvalue weighted by Crippen LogP contribution is -2.34. The molecule has 0 unspecified atom stereocenters. The van der Waals surface area contributed by atoms with Crippen LogP contribution in [-0.2, 0) is 9.53 Å². The summed E-state index contributed by atoms with van der Waals surface area (Å²) < 4.78 is 4.66. The van der Waals surface area contributed by atoms with Crippen LogP contribution in [0.4, 0.5) is 0 Å². The highest BCUT2D eigenvalue weighted by atomic mass is 16.6. The van der Waals surface area contributed by atoms with E-state index in [1.807, 2.05) is 0 Å². The summed E-state index contributed by atoms with van der Waals surface area (Å²) in [6.07, 6.45) is 22.6. The number of ether oxygens (including phenoxy) is 1. The van der Waals surface area contributed by atoms with Crippen molar-refractivity contribution in [2.45, 2.75) is 84.3 Å². The van der Waals surface area contributed by atoms with Crippen molar-refractivity contribution in [1.82, 2.24) is 0 Å². The highest BCUT2D eigenvalue weighted by molar-refractivity contribution is 5.65. The topological polar surface area (TPSA) is 66.8 Å². The van der Waals surface area contributed by atoms with Crippen molar-refractivity contribution >= 4 is 5.97 Å². The third-order valence-electron chi connectivity index (χ3n) is 5.37. The Balaban J connectivity index is 2.25. The average molecular weight is 393 g/mol. The highest BCUT2D eigenvalue weighted by Crippen LogP contribution is 2.35. The van der Waals surface area contributed by atoms with Crippen LogP contribution >= 0.6 is 0 Å². The van der Waals surface area contributed by atoms with Gasteiger partial charge < -0.3 is 14.9 Å². The smallest absolute Gasteiger partial charge is 0.302 e. The monoisotopic (exact) mass is 392 g/mol. The summed E-state index contributed by atoms with van der Waals surface area (Å²) >= 11 is 0. The van der Waals surface area contributed by atoms with Gasteiger partial charge in [-0.1, -0.05) is 56.7 Å². The quantitative estimate of drug-likeness (QED) is 0.193. The van der Waals surface area contributed by atoms with Gasteiger partial charge in [-0.15, -0.1) is 0 Å². The minimum absolute atomic E-state index is 0.198. The first-order chi connectivity index (χ1) is 13.3. The molecule has 160 valence electrons. The zero-order valence-corrected chi connectivity index (χ0v) is 18.0. The van der Waals surface area contributed by atoms with E-state index in [1.165, 1.54) is 26.2 Å². The molecule has 0 radical (unpaired) electrons. The van der Waals surface area contributed by atoms with Gasteiger partial charge in [-0.3, -0.25) is 4.79 Å². The lowest BCUT2D eigenvalue weighted by atomic mass is 9.91. The van der Waals surface area contributed by atoms with Crippen LogP contribution in [0.2, 0.25) is 0 Å². The lowest BCUT2D eigenvalue weighted by Gasteiger charge is -2.20. The number of hydrogen-bond donors (Lipinski definition) is 2. The van der Waals surface area contributed by atoms with Gasteiger partial charge >= 0.3 is 5.97 Å². The van der Waals surface area contributed by atoms with Gasteiger partial charge in [0.1, 0.15) is 6.61 Å². The zero-order valence-electron chi connectivity index (χ0n) is 18.0. The molecule has 28 heavy (non-hydrogen) atoms. The minimum Gasteiger partial charge on any atom is -0.460 e. The van der Waals surface area contributed by atoms with Crippen LogP contribution in [0, 0.1) is 17.8 Å². The van der Waals surface area contributed by atoms with Gasteiger partial charge in [0.15, 0.2) is 5.79 Å². The normalized spacial score (nSPS) is 21.9. The van der Waals surface area contributed by atoms with Crippen LogP contribution in [0.5, 0.6) is 0 Å². The van der Waals surface area contributed by atoms with Crippen LogP contribution in [0.15, 0.2) is 36.5 Å². The van der Waals surface area contributed by atoms with Crippen LogP contribution < -0.4 is 0 Å². The molecule has 3 atom stereocenters. The maximum Gasteiger partial charge on any atom is 0.302 e. The molecule has 1 saturated carbocycles.